The summed E-state index contributed by atoms with van der Waals surface area (Å²) >= 11 is 1.54. The first-order valence-electron chi connectivity index (χ1n) is 9.84. The van der Waals surface area contributed by atoms with Crippen molar-refractivity contribution in [3.8, 4) is 11.3 Å². The van der Waals surface area contributed by atoms with Gasteiger partial charge in [-0.15, -0.1) is 11.3 Å². The Labute approximate surface area is 169 Å². The number of hydrogen-bond acceptors (Lipinski definition) is 5. The topological polar surface area (TPSA) is 59.2 Å². The number of thiophene rings is 1. The van der Waals surface area contributed by atoms with Crippen molar-refractivity contribution >= 4 is 17.2 Å². The van der Waals surface area contributed by atoms with Crippen molar-refractivity contribution in [2.75, 3.05) is 13.1 Å². The molecular weight excluding hydrogens is 370 g/mol. The molecule has 1 amide bonds. The number of carbonyl (C=O) groups excluding carboxylic acids is 1. The van der Waals surface area contributed by atoms with Gasteiger partial charge in [-0.3, -0.25) is 9.78 Å². The third-order valence-electron chi connectivity index (χ3n) is 5.54. The fraction of sp³-hybridized carbons (Fsp3) is 0.409. The molecule has 0 atom stereocenters. The van der Waals surface area contributed by atoms with E-state index in [4.69, 9.17) is 9.51 Å². The molecule has 1 aliphatic rings. The Bertz CT molecular complexity index is 983. The quantitative estimate of drug-likeness (QED) is 0.624. The van der Waals surface area contributed by atoms with Crippen molar-refractivity contribution in [3.05, 3.63) is 57.2 Å². The smallest absolute Gasteiger partial charge is 0.264 e. The van der Waals surface area contributed by atoms with Crippen LogP contribution in [0.5, 0.6) is 0 Å². The van der Waals surface area contributed by atoms with E-state index in [1.54, 1.807) is 0 Å². The second-order valence-electron chi connectivity index (χ2n) is 7.37. The van der Waals surface area contributed by atoms with E-state index in [0.717, 1.165) is 71.2 Å². The molecule has 4 rings (SSSR count). The summed E-state index contributed by atoms with van der Waals surface area (Å²) in [5.41, 5.74) is 5.00. The zero-order chi connectivity index (χ0) is 19.7. The molecule has 0 N–H and O–H groups in total. The number of rotatable bonds is 4. The van der Waals surface area contributed by atoms with Crippen LogP contribution in [0.25, 0.3) is 11.3 Å². The summed E-state index contributed by atoms with van der Waals surface area (Å²) in [6.45, 7) is 7.58. The van der Waals surface area contributed by atoms with Crippen molar-refractivity contribution in [1.82, 2.24) is 15.0 Å². The highest BCUT2D eigenvalue weighted by atomic mass is 32.1. The van der Waals surface area contributed by atoms with Crippen LogP contribution >= 0.6 is 11.3 Å². The molecule has 3 aromatic heterocycles. The van der Waals surface area contributed by atoms with E-state index in [2.05, 4.69) is 24.2 Å². The highest BCUT2D eigenvalue weighted by Gasteiger charge is 2.27. The first-order chi connectivity index (χ1) is 13.6. The minimum Gasteiger partial charge on any atom is -0.360 e. The van der Waals surface area contributed by atoms with Crippen molar-refractivity contribution in [2.24, 2.45) is 0 Å². The van der Waals surface area contributed by atoms with E-state index >= 15 is 0 Å². The molecule has 3 aromatic rings. The van der Waals surface area contributed by atoms with Crippen LogP contribution in [0.4, 0.5) is 0 Å². The molecule has 146 valence electrons. The number of nitrogens with zero attached hydrogens (tertiary/aromatic N) is 3. The van der Waals surface area contributed by atoms with E-state index < -0.39 is 0 Å². The fourth-order valence-corrected chi connectivity index (χ4v) is 4.81. The summed E-state index contributed by atoms with van der Waals surface area (Å²) in [4.78, 5) is 20.5. The lowest BCUT2D eigenvalue weighted by Gasteiger charge is -2.31. The molecule has 0 unspecified atom stereocenters. The molecular formula is C22H25N3O2S. The van der Waals surface area contributed by atoms with E-state index in [1.807, 2.05) is 36.3 Å². The molecule has 1 aliphatic heterocycles. The number of aryl methyl sites for hydroxylation is 3. The van der Waals surface area contributed by atoms with Gasteiger partial charge in [-0.1, -0.05) is 18.1 Å². The summed E-state index contributed by atoms with van der Waals surface area (Å²) < 4.78 is 5.44. The molecule has 4 heterocycles. The van der Waals surface area contributed by atoms with Crippen LogP contribution in [-0.4, -0.2) is 34.0 Å². The van der Waals surface area contributed by atoms with Crippen molar-refractivity contribution < 1.29 is 9.32 Å². The minimum atomic E-state index is 0.167. The maximum atomic E-state index is 12.7. The van der Waals surface area contributed by atoms with Crippen molar-refractivity contribution in [1.29, 1.82) is 0 Å². The molecule has 0 saturated carbocycles. The van der Waals surface area contributed by atoms with Crippen LogP contribution in [0.1, 0.15) is 58.1 Å². The number of hydrogen-bond donors (Lipinski definition) is 0. The van der Waals surface area contributed by atoms with Crippen LogP contribution < -0.4 is 0 Å². The maximum absolute atomic E-state index is 12.7. The number of piperidine rings is 1. The van der Waals surface area contributed by atoms with E-state index in [-0.39, 0.29) is 5.91 Å². The highest BCUT2D eigenvalue weighted by Crippen LogP contribution is 2.32. The lowest BCUT2D eigenvalue weighted by Crippen LogP contribution is -2.38. The summed E-state index contributed by atoms with van der Waals surface area (Å²) in [6.07, 6.45) is 2.68. The first kappa shape index (κ1) is 18.9. The lowest BCUT2D eigenvalue weighted by atomic mass is 9.92. The zero-order valence-corrected chi connectivity index (χ0v) is 17.4. The van der Waals surface area contributed by atoms with Gasteiger partial charge in [-0.05, 0) is 55.8 Å². The minimum absolute atomic E-state index is 0.167. The summed E-state index contributed by atoms with van der Waals surface area (Å²) in [5.74, 6) is 1.42. The second kappa shape index (κ2) is 7.87. The largest absolute Gasteiger partial charge is 0.360 e. The predicted octanol–water partition coefficient (Wildman–Crippen LogP) is 5.00. The van der Waals surface area contributed by atoms with Crippen LogP contribution in [0.3, 0.4) is 0 Å². The molecule has 0 spiro atoms. The van der Waals surface area contributed by atoms with Crippen LogP contribution in [-0.2, 0) is 6.42 Å². The van der Waals surface area contributed by atoms with Gasteiger partial charge in [0.05, 0.1) is 21.8 Å². The van der Waals surface area contributed by atoms with Gasteiger partial charge in [0.25, 0.3) is 5.91 Å². The number of aromatic nitrogens is 2. The average molecular weight is 396 g/mol. The highest BCUT2D eigenvalue weighted by molar-refractivity contribution is 7.12. The van der Waals surface area contributed by atoms with Crippen molar-refractivity contribution in [3.63, 3.8) is 0 Å². The summed E-state index contributed by atoms with van der Waals surface area (Å²) in [6, 6.07) is 8.21. The van der Waals surface area contributed by atoms with E-state index in [1.165, 1.54) is 11.3 Å². The molecule has 0 aromatic carbocycles. The molecule has 0 bridgehead atoms. The van der Waals surface area contributed by atoms with Crippen LogP contribution in [0.15, 0.2) is 34.2 Å². The Morgan fingerprint density at radius 2 is 2.04 bits per heavy atom. The van der Waals surface area contributed by atoms with E-state index in [0.29, 0.717) is 5.92 Å². The van der Waals surface area contributed by atoms with E-state index in [9.17, 15) is 4.79 Å². The standard InChI is InChI=1S/C22H25N3O2S/c1-4-19-20(15(3)24-27-19)18-7-5-6-17(23-18)16-8-11-25(12-9-16)22(26)21-14(2)10-13-28-21/h5-7,10,13,16H,4,8-9,11-12H2,1-3H3. The Morgan fingerprint density at radius 3 is 2.71 bits per heavy atom. The van der Waals surface area contributed by atoms with Crippen LogP contribution in [0.2, 0.25) is 0 Å². The molecule has 0 radical (unpaired) electrons. The van der Waals surface area contributed by atoms with Gasteiger partial charge in [0.15, 0.2) is 0 Å². The molecule has 1 fully saturated rings. The normalized spacial score (nSPS) is 15.2. The Balaban J connectivity index is 1.49. The summed E-state index contributed by atoms with van der Waals surface area (Å²) in [5, 5.41) is 6.10. The first-order valence-corrected chi connectivity index (χ1v) is 10.7. The van der Waals surface area contributed by atoms with Gasteiger partial charge in [0.1, 0.15) is 5.76 Å². The van der Waals surface area contributed by atoms with Gasteiger partial charge in [0, 0.05) is 31.1 Å². The van der Waals surface area contributed by atoms with Gasteiger partial charge in [0.2, 0.25) is 0 Å². The third-order valence-corrected chi connectivity index (χ3v) is 6.54. The Hall–Kier alpha value is -2.47. The molecule has 6 heteroatoms. The van der Waals surface area contributed by atoms with Gasteiger partial charge < -0.3 is 9.42 Å². The second-order valence-corrected chi connectivity index (χ2v) is 8.28. The zero-order valence-electron chi connectivity index (χ0n) is 16.6. The summed E-state index contributed by atoms with van der Waals surface area (Å²) in [7, 11) is 0. The SMILES string of the molecule is CCc1onc(C)c1-c1cccc(C2CCN(C(=O)c3sccc3C)CC2)n1. The Kier molecular flexibility index (Phi) is 5.31. The number of pyridine rings is 1. The maximum Gasteiger partial charge on any atom is 0.264 e. The van der Waals surface area contributed by atoms with Crippen LogP contribution in [0, 0.1) is 13.8 Å². The number of amides is 1. The third kappa shape index (κ3) is 3.49. The van der Waals surface area contributed by atoms with Crippen molar-refractivity contribution in [2.45, 2.75) is 46.0 Å². The number of carbonyl (C=O) groups is 1. The molecule has 5 nitrogen and oxygen atoms in total. The number of likely N-dealkylation sites (tertiary alicyclic amines) is 1. The van der Waals surface area contributed by atoms with Gasteiger partial charge in [-0.25, -0.2) is 0 Å². The average Bonchev–Trinajstić information content (AvgIpc) is 3.32. The van der Waals surface area contributed by atoms with Gasteiger partial charge >= 0.3 is 0 Å². The molecule has 1 saturated heterocycles. The predicted molar refractivity (Wildman–Crippen MR) is 111 cm³/mol. The molecule has 0 aliphatic carbocycles. The fourth-order valence-electron chi connectivity index (χ4n) is 3.92. The van der Waals surface area contributed by atoms with Gasteiger partial charge in [-0.2, -0.15) is 0 Å². The monoisotopic (exact) mass is 395 g/mol. The lowest BCUT2D eigenvalue weighted by molar-refractivity contribution is 0.0716. The Morgan fingerprint density at radius 1 is 1.25 bits per heavy atom. The molecule has 28 heavy (non-hydrogen) atoms.